The van der Waals surface area contributed by atoms with Crippen LogP contribution in [0.5, 0.6) is 0 Å². The molecule has 0 spiro atoms. The largest absolute Gasteiger partial charge is 0.456 e. The predicted octanol–water partition coefficient (Wildman–Crippen LogP) is 3.29. The van der Waals surface area contributed by atoms with Crippen LogP contribution in [0.1, 0.15) is 46.3 Å². The molecule has 20 heavy (non-hydrogen) atoms. The number of amides is 1. The average molecular weight is 291 g/mol. The van der Waals surface area contributed by atoms with Crippen LogP contribution in [-0.4, -0.2) is 17.7 Å². The van der Waals surface area contributed by atoms with Gasteiger partial charge in [0.25, 0.3) is 5.91 Å². The number of furan rings is 1. The lowest BCUT2D eigenvalue weighted by atomic mass is 10.1. The van der Waals surface area contributed by atoms with E-state index in [9.17, 15) is 9.59 Å². The van der Waals surface area contributed by atoms with Gasteiger partial charge < -0.3 is 9.73 Å². The lowest BCUT2D eigenvalue weighted by molar-refractivity contribution is 0.0895. The molecule has 1 N–H and O–H groups in total. The van der Waals surface area contributed by atoms with E-state index >= 15 is 0 Å². The topological polar surface area (TPSA) is 59.3 Å². The maximum absolute atomic E-state index is 11.9. The fourth-order valence-corrected chi connectivity index (χ4v) is 2.53. The third-order valence-electron chi connectivity index (χ3n) is 2.90. The number of rotatable bonds is 6. The predicted molar refractivity (Wildman–Crippen MR) is 78.3 cm³/mol. The van der Waals surface area contributed by atoms with Gasteiger partial charge >= 0.3 is 0 Å². The normalized spacial score (nSPS) is 12.1. The number of thiophene rings is 1. The Labute approximate surface area is 121 Å². The number of nitrogens with one attached hydrogen (secondary N) is 1. The number of Topliss-reactive ketones (excluding diaryl/α,β-unsaturated/α-hetero) is 1. The zero-order valence-electron chi connectivity index (χ0n) is 11.5. The summed E-state index contributed by atoms with van der Waals surface area (Å²) in [6, 6.07) is 6.85. The summed E-state index contributed by atoms with van der Waals surface area (Å²) in [5.41, 5.74) is 0. The van der Waals surface area contributed by atoms with Crippen molar-refractivity contribution in [2.45, 2.75) is 32.7 Å². The van der Waals surface area contributed by atoms with E-state index in [0.717, 1.165) is 17.1 Å². The molecule has 0 aliphatic heterocycles. The maximum atomic E-state index is 11.9. The first-order chi connectivity index (χ1) is 9.60. The molecule has 5 heteroatoms. The molecule has 2 heterocycles. The van der Waals surface area contributed by atoms with Crippen LogP contribution in [0.25, 0.3) is 0 Å². The number of hydrogen-bond donors (Lipinski definition) is 1. The lowest BCUT2D eigenvalue weighted by Gasteiger charge is -2.11. The molecule has 0 aromatic carbocycles. The zero-order chi connectivity index (χ0) is 14.5. The van der Waals surface area contributed by atoms with Crippen LogP contribution in [0.15, 0.2) is 34.1 Å². The van der Waals surface area contributed by atoms with Gasteiger partial charge in [-0.3, -0.25) is 9.59 Å². The second-order valence-electron chi connectivity index (χ2n) is 4.60. The SMILES string of the molecule is CCc1ccc(C(=O)N[C@@H](C)CC(=O)c2cccs2)o1. The summed E-state index contributed by atoms with van der Waals surface area (Å²) < 4.78 is 5.38. The fourth-order valence-electron chi connectivity index (χ4n) is 1.85. The first kappa shape index (κ1) is 14.5. The molecule has 106 valence electrons. The third kappa shape index (κ3) is 3.57. The van der Waals surface area contributed by atoms with E-state index in [2.05, 4.69) is 5.32 Å². The van der Waals surface area contributed by atoms with E-state index in [4.69, 9.17) is 4.42 Å². The van der Waals surface area contributed by atoms with Crippen molar-refractivity contribution in [3.05, 3.63) is 46.0 Å². The zero-order valence-corrected chi connectivity index (χ0v) is 12.3. The van der Waals surface area contributed by atoms with Gasteiger partial charge in [-0.1, -0.05) is 13.0 Å². The van der Waals surface area contributed by atoms with Crippen LogP contribution < -0.4 is 5.32 Å². The van der Waals surface area contributed by atoms with E-state index in [1.54, 1.807) is 18.2 Å². The van der Waals surface area contributed by atoms with E-state index < -0.39 is 0 Å². The maximum Gasteiger partial charge on any atom is 0.287 e. The number of hydrogen-bond acceptors (Lipinski definition) is 4. The van der Waals surface area contributed by atoms with Crippen molar-refractivity contribution in [2.75, 3.05) is 0 Å². The molecule has 0 saturated carbocycles. The van der Waals surface area contributed by atoms with E-state index in [-0.39, 0.29) is 29.9 Å². The van der Waals surface area contributed by atoms with Crippen molar-refractivity contribution in [1.29, 1.82) is 0 Å². The van der Waals surface area contributed by atoms with Crippen molar-refractivity contribution in [2.24, 2.45) is 0 Å². The summed E-state index contributed by atoms with van der Waals surface area (Å²) in [5, 5.41) is 4.64. The molecule has 2 rings (SSSR count). The second kappa shape index (κ2) is 6.52. The Morgan fingerprint density at radius 2 is 2.15 bits per heavy atom. The smallest absolute Gasteiger partial charge is 0.287 e. The minimum absolute atomic E-state index is 0.0430. The molecule has 0 aliphatic carbocycles. The highest BCUT2D eigenvalue weighted by atomic mass is 32.1. The van der Waals surface area contributed by atoms with Crippen LogP contribution in [0, 0.1) is 0 Å². The highest BCUT2D eigenvalue weighted by molar-refractivity contribution is 7.12. The van der Waals surface area contributed by atoms with Gasteiger partial charge in [0.05, 0.1) is 4.88 Å². The first-order valence-electron chi connectivity index (χ1n) is 6.56. The van der Waals surface area contributed by atoms with Crippen molar-refractivity contribution < 1.29 is 14.0 Å². The highest BCUT2D eigenvalue weighted by Crippen LogP contribution is 2.13. The Balaban J connectivity index is 1.89. The Morgan fingerprint density at radius 3 is 2.75 bits per heavy atom. The Hall–Kier alpha value is -1.88. The van der Waals surface area contributed by atoms with Crippen molar-refractivity contribution >= 4 is 23.0 Å². The summed E-state index contributed by atoms with van der Waals surface area (Å²) in [4.78, 5) is 24.6. The molecule has 1 amide bonds. The fraction of sp³-hybridized carbons (Fsp3) is 0.333. The summed E-state index contributed by atoms with van der Waals surface area (Å²) in [5.74, 6) is 0.826. The van der Waals surface area contributed by atoms with Crippen LogP contribution >= 0.6 is 11.3 Å². The average Bonchev–Trinajstić information content (AvgIpc) is 3.09. The van der Waals surface area contributed by atoms with Gasteiger partial charge in [-0.2, -0.15) is 0 Å². The molecule has 4 nitrogen and oxygen atoms in total. The highest BCUT2D eigenvalue weighted by Gasteiger charge is 2.17. The summed E-state index contributed by atoms with van der Waals surface area (Å²) in [6.07, 6.45) is 1.04. The minimum Gasteiger partial charge on any atom is -0.456 e. The Bertz CT molecular complexity index is 586. The van der Waals surface area contributed by atoms with E-state index in [0.29, 0.717) is 0 Å². The van der Waals surface area contributed by atoms with Crippen LogP contribution in [-0.2, 0) is 6.42 Å². The van der Waals surface area contributed by atoms with Gasteiger partial charge in [-0.15, -0.1) is 11.3 Å². The second-order valence-corrected chi connectivity index (χ2v) is 5.55. The number of carbonyl (C=O) groups excluding carboxylic acids is 2. The van der Waals surface area contributed by atoms with Gasteiger partial charge in [0, 0.05) is 18.9 Å². The standard InChI is InChI=1S/C15H17NO3S/c1-3-11-6-7-13(19-11)15(18)16-10(2)9-12(17)14-5-4-8-20-14/h4-8,10H,3,9H2,1-2H3,(H,16,18)/t10-/m0/s1. The molecule has 0 aliphatic rings. The van der Waals surface area contributed by atoms with Crippen molar-refractivity contribution in [1.82, 2.24) is 5.32 Å². The van der Waals surface area contributed by atoms with Crippen LogP contribution in [0.3, 0.4) is 0 Å². The van der Waals surface area contributed by atoms with E-state index in [1.807, 2.05) is 25.3 Å². The van der Waals surface area contributed by atoms with Gasteiger partial charge in [0.15, 0.2) is 11.5 Å². The Kier molecular flexibility index (Phi) is 4.74. The van der Waals surface area contributed by atoms with Gasteiger partial charge in [-0.25, -0.2) is 0 Å². The number of aryl methyl sites for hydroxylation is 1. The summed E-state index contributed by atoms with van der Waals surface area (Å²) >= 11 is 1.41. The molecule has 2 aromatic heterocycles. The van der Waals surface area contributed by atoms with Gasteiger partial charge in [-0.05, 0) is 30.5 Å². The number of ketones is 1. The van der Waals surface area contributed by atoms with Crippen molar-refractivity contribution in [3.63, 3.8) is 0 Å². The molecule has 1 atom stereocenters. The summed E-state index contributed by atoms with van der Waals surface area (Å²) in [6.45, 7) is 3.77. The quantitative estimate of drug-likeness (QED) is 0.831. The molecule has 0 bridgehead atoms. The van der Waals surface area contributed by atoms with Crippen LogP contribution in [0.4, 0.5) is 0 Å². The third-order valence-corrected chi connectivity index (χ3v) is 3.81. The lowest BCUT2D eigenvalue weighted by Crippen LogP contribution is -2.33. The monoisotopic (exact) mass is 291 g/mol. The molecular formula is C15H17NO3S. The van der Waals surface area contributed by atoms with Gasteiger partial charge in [0.2, 0.25) is 0 Å². The Morgan fingerprint density at radius 1 is 1.35 bits per heavy atom. The molecule has 0 fully saturated rings. The molecule has 0 radical (unpaired) electrons. The minimum atomic E-state index is -0.281. The molecule has 0 unspecified atom stereocenters. The number of carbonyl (C=O) groups is 2. The van der Waals surface area contributed by atoms with Crippen LogP contribution in [0.2, 0.25) is 0 Å². The molecule has 0 saturated heterocycles. The molecule has 2 aromatic rings. The molecular weight excluding hydrogens is 274 g/mol. The summed E-state index contributed by atoms with van der Waals surface area (Å²) in [7, 11) is 0. The van der Waals surface area contributed by atoms with Crippen molar-refractivity contribution in [3.8, 4) is 0 Å². The van der Waals surface area contributed by atoms with E-state index in [1.165, 1.54) is 11.3 Å². The first-order valence-corrected chi connectivity index (χ1v) is 7.44. The van der Waals surface area contributed by atoms with Gasteiger partial charge in [0.1, 0.15) is 5.76 Å².